The molecule has 0 unspecified atom stereocenters. The minimum Gasteiger partial charge on any atom is -0.458 e. The number of ether oxygens (including phenoxy) is 1. The molecule has 5 nitrogen and oxygen atoms in total. The Morgan fingerprint density at radius 3 is 2.68 bits per heavy atom. The first-order chi connectivity index (χ1) is 10.5. The lowest BCUT2D eigenvalue weighted by Gasteiger charge is -2.28. The summed E-state index contributed by atoms with van der Waals surface area (Å²) in [4.78, 5) is 23.9. The average molecular weight is 304 g/mol. The van der Waals surface area contributed by atoms with Crippen molar-refractivity contribution in [2.45, 2.75) is 19.9 Å². The first-order valence-corrected chi connectivity index (χ1v) is 6.85. The van der Waals surface area contributed by atoms with Gasteiger partial charge in [0.2, 0.25) is 0 Å². The van der Waals surface area contributed by atoms with Crippen molar-refractivity contribution in [1.82, 2.24) is 10.6 Å². The van der Waals surface area contributed by atoms with Crippen LogP contribution in [0, 0.1) is 5.82 Å². The molecule has 1 aliphatic rings. The lowest BCUT2D eigenvalue weighted by Crippen LogP contribution is -2.45. The van der Waals surface area contributed by atoms with Crippen molar-refractivity contribution in [3.05, 3.63) is 59.1 Å². The predicted molar refractivity (Wildman–Crippen MR) is 79.3 cm³/mol. The highest BCUT2D eigenvalue weighted by Crippen LogP contribution is 2.27. The van der Waals surface area contributed by atoms with Crippen molar-refractivity contribution in [3.63, 3.8) is 0 Å². The number of nitrogens with one attached hydrogen (secondary N) is 2. The van der Waals surface area contributed by atoms with E-state index in [1.165, 1.54) is 24.3 Å². The summed E-state index contributed by atoms with van der Waals surface area (Å²) in [5.74, 6) is -0.917. The number of amides is 2. The van der Waals surface area contributed by atoms with Crippen molar-refractivity contribution < 1.29 is 18.7 Å². The molecule has 2 N–H and O–H groups in total. The van der Waals surface area contributed by atoms with Crippen molar-refractivity contribution in [1.29, 1.82) is 0 Å². The molecule has 22 heavy (non-hydrogen) atoms. The zero-order chi connectivity index (χ0) is 16.1. The number of allylic oxidation sites excluding steroid dienone is 2. The number of rotatable bonds is 4. The molecular formula is C16H17FN2O3. The quantitative estimate of drug-likeness (QED) is 0.663. The second-order valence-corrected chi connectivity index (χ2v) is 4.79. The van der Waals surface area contributed by atoms with E-state index in [-0.39, 0.29) is 12.4 Å². The third kappa shape index (κ3) is 3.52. The van der Waals surface area contributed by atoms with Gasteiger partial charge in [-0.2, -0.15) is 0 Å². The van der Waals surface area contributed by atoms with Gasteiger partial charge in [-0.25, -0.2) is 14.0 Å². The molecule has 0 saturated carbocycles. The fraction of sp³-hybridized carbons (Fsp3) is 0.250. The van der Waals surface area contributed by atoms with Crippen LogP contribution in [0.1, 0.15) is 25.5 Å². The van der Waals surface area contributed by atoms with Gasteiger partial charge in [0.05, 0.1) is 11.6 Å². The molecule has 2 rings (SSSR count). The lowest BCUT2D eigenvalue weighted by atomic mass is 9.95. The van der Waals surface area contributed by atoms with Gasteiger partial charge in [-0.3, -0.25) is 0 Å². The first-order valence-electron chi connectivity index (χ1n) is 6.85. The van der Waals surface area contributed by atoms with Gasteiger partial charge in [0, 0.05) is 5.70 Å². The van der Waals surface area contributed by atoms with E-state index in [0.717, 1.165) is 0 Å². The smallest absolute Gasteiger partial charge is 0.338 e. The third-order valence-electron chi connectivity index (χ3n) is 3.24. The minimum atomic E-state index is -0.674. The molecule has 116 valence electrons. The van der Waals surface area contributed by atoms with E-state index in [1.807, 2.05) is 6.92 Å². The maximum absolute atomic E-state index is 13.1. The van der Waals surface area contributed by atoms with Crippen LogP contribution in [0.25, 0.3) is 0 Å². The molecule has 1 atom stereocenters. The molecule has 6 heteroatoms. The van der Waals surface area contributed by atoms with Crippen LogP contribution in [-0.2, 0) is 9.53 Å². The van der Waals surface area contributed by atoms with Gasteiger partial charge in [0.15, 0.2) is 0 Å². The summed E-state index contributed by atoms with van der Waals surface area (Å²) >= 11 is 0. The van der Waals surface area contributed by atoms with Gasteiger partial charge in [0.1, 0.15) is 12.4 Å². The van der Waals surface area contributed by atoms with Crippen LogP contribution in [0.15, 0.2) is 47.7 Å². The van der Waals surface area contributed by atoms with Gasteiger partial charge in [0.25, 0.3) is 0 Å². The predicted octanol–water partition coefficient (Wildman–Crippen LogP) is 2.57. The Balaban J connectivity index is 2.32. The molecule has 0 bridgehead atoms. The van der Waals surface area contributed by atoms with Crippen molar-refractivity contribution in [3.8, 4) is 0 Å². The zero-order valence-corrected chi connectivity index (χ0v) is 12.4. The molecule has 1 aromatic rings. The van der Waals surface area contributed by atoms with Gasteiger partial charge < -0.3 is 15.4 Å². The summed E-state index contributed by atoms with van der Waals surface area (Å²) in [6.07, 6.45) is 3.47. The number of carbonyl (C=O) groups excluding carboxylic acids is 2. The number of esters is 1. The van der Waals surface area contributed by atoms with Crippen molar-refractivity contribution >= 4 is 12.0 Å². The third-order valence-corrected chi connectivity index (χ3v) is 3.24. The fourth-order valence-electron chi connectivity index (χ4n) is 2.17. The Hall–Kier alpha value is -2.63. The zero-order valence-electron chi connectivity index (χ0n) is 12.4. The van der Waals surface area contributed by atoms with Crippen LogP contribution < -0.4 is 10.6 Å². The molecule has 0 aliphatic carbocycles. The molecule has 1 heterocycles. The fourth-order valence-corrected chi connectivity index (χ4v) is 2.17. The maximum atomic E-state index is 13.1. The Kier molecular flexibility index (Phi) is 4.93. The van der Waals surface area contributed by atoms with Gasteiger partial charge >= 0.3 is 12.0 Å². The monoisotopic (exact) mass is 304 g/mol. The van der Waals surface area contributed by atoms with E-state index in [0.29, 0.717) is 16.8 Å². The van der Waals surface area contributed by atoms with Crippen LogP contribution in [0.4, 0.5) is 9.18 Å². The summed E-state index contributed by atoms with van der Waals surface area (Å²) in [5, 5.41) is 5.20. The van der Waals surface area contributed by atoms with Crippen LogP contribution in [-0.4, -0.2) is 18.6 Å². The molecule has 0 spiro atoms. The standard InChI is InChI=1S/C16H17FN2O3/c1-3-4-9-22-15(20)13-10(2)18-16(21)19-14(13)11-5-7-12(17)8-6-11/h3-8,14H,9H2,1-2H3,(H2,18,19,21)/b4-3+/t14-/m0/s1. The summed E-state index contributed by atoms with van der Waals surface area (Å²) in [7, 11) is 0. The van der Waals surface area contributed by atoms with Gasteiger partial charge in [-0.15, -0.1) is 0 Å². The molecule has 2 amide bonds. The summed E-state index contributed by atoms with van der Waals surface area (Å²) in [6, 6.07) is 4.52. The molecule has 1 aromatic carbocycles. The Morgan fingerprint density at radius 2 is 2.05 bits per heavy atom. The number of hydrogen-bond acceptors (Lipinski definition) is 3. The van der Waals surface area contributed by atoms with Crippen LogP contribution >= 0.6 is 0 Å². The average Bonchev–Trinajstić information content (AvgIpc) is 2.47. The summed E-state index contributed by atoms with van der Waals surface area (Å²) in [6.45, 7) is 3.60. The Labute approximate surface area is 127 Å². The van der Waals surface area contributed by atoms with Crippen molar-refractivity contribution in [2.24, 2.45) is 0 Å². The topological polar surface area (TPSA) is 67.4 Å². The Morgan fingerprint density at radius 1 is 1.36 bits per heavy atom. The van der Waals surface area contributed by atoms with E-state index in [9.17, 15) is 14.0 Å². The van der Waals surface area contributed by atoms with E-state index >= 15 is 0 Å². The SMILES string of the molecule is C/C=C/COC(=O)C1=C(C)NC(=O)N[C@H]1c1ccc(F)cc1. The first kappa shape index (κ1) is 15.8. The second kappa shape index (κ2) is 6.89. The molecule has 0 fully saturated rings. The maximum Gasteiger partial charge on any atom is 0.338 e. The molecule has 1 aliphatic heterocycles. The number of urea groups is 1. The largest absolute Gasteiger partial charge is 0.458 e. The highest BCUT2D eigenvalue weighted by atomic mass is 19.1. The summed E-state index contributed by atoms with van der Waals surface area (Å²) in [5.41, 5.74) is 1.33. The normalized spacial score (nSPS) is 18.1. The molecule has 0 aromatic heterocycles. The lowest BCUT2D eigenvalue weighted by molar-refractivity contribution is -0.138. The van der Waals surface area contributed by atoms with E-state index in [4.69, 9.17) is 4.74 Å². The minimum absolute atomic E-state index is 0.149. The molecule has 0 saturated heterocycles. The Bertz CT molecular complexity index is 635. The van der Waals surface area contributed by atoms with Crippen LogP contribution in [0.2, 0.25) is 0 Å². The molecular weight excluding hydrogens is 287 g/mol. The van der Waals surface area contributed by atoms with Crippen molar-refractivity contribution in [2.75, 3.05) is 6.61 Å². The van der Waals surface area contributed by atoms with Crippen LogP contribution in [0.5, 0.6) is 0 Å². The van der Waals surface area contributed by atoms with E-state index < -0.39 is 18.0 Å². The van der Waals surface area contributed by atoms with E-state index in [1.54, 1.807) is 19.1 Å². The van der Waals surface area contributed by atoms with Gasteiger partial charge in [-0.05, 0) is 31.5 Å². The van der Waals surface area contributed by atoms with Crippen LogP contribution in [0.3, 0.4) is 0 Å². The highest BCUT2D eigenvalue weighted by Gasteiger charge is 2.32. The number of halogens is 1. The number of hydrogen-bond donors (Lipinski definition) is 2. The van der Waals surface area contributed by atoms with E-state index in [2.05, 4.69) is 10.6 Å². The number of carbonyl (C=O) groups is 2. The number of benzene rings is 1. The highest BCUT2D eigenvalue weighted by molar-refractivity contribution is 5.95. The second-order valence-electron chi connectivity index (χ2n) is 4.79. The summed E-state index contributed by atoms with van der Waals surface area (Å²) < 4.78 is 18.2. The van der Waals surface area contributed by atoms with Gasteiger partial charge in [-0.1, -0.05) is 24.3 Å². The molecule has 0 radical (unpaired) electrons.